The molecule has 3 aromatic rings. The lowest BCUT2D eigenvalue weighted by molar-refractivity contribution is -0.127. The Balaban J connectivity index is 1.47. The highest BCUT2D eigenvalue weighted by molar-refractivity contribution is 5.91. The number of rotatable bonds is 5. The zero-order chi connectivity index (χ0) is 21.6. The number of aromatic nitrogens is 3. The Bertz CT molecular complexity index is 1080. The SMILES string of the molecule is Cc1cc(Nc2ncccc2C)cc(C2CCCN(C(=O)/C=C/c3cccnc3)C2)n1. The van der Waals surface area contributed by atoms with Gasteiger partial charge in [0.25, 0.3) is 0 Å². The molecular weight excluding hydrogens is 386 g/mol. The second kappa shape index (κ2) is 9.51. The lowest BCUT2D eigenvalue weighted by atomic mass is 9.93. The zero-order valence-electron chi connectivity index (χ0n) is 18.0. The molecule has 1 amide bonds. The van der Waals surface area contributed by atoms with Crippen molar-refractivity contribution in [3.8, 4) is 0 Å². The van der Waals surface area contributed by atoms with E-state index < -0.39 is 0 Å². The second-order valence-corrected chi connectivity index (χ2v) is 7.96. The van der Waals surface area contributed by atoms with Gasteiger partial charge in [-0.2, -0.15) is 0 Å². The van der Waals surface area contributed by atoms with Crippen molar-refractivity contribution in [1.82, 2.24) is 19.9 Å². The van der Waals surface area contributed by atoms with Gasteiger partial charge in [-0.1, -0.05) is 12.1 Å². The molecule has 1 aliphatic rings. The highest BCUT2D eigenvalue weighted by atomic mass is 16.2. The Morgan fingerprint density at radius 1 is 1.19 bits per heavy atom. The molecule has 158 valence electrons. The number of nitrogens with zero attached hydrogens (tertiary/aromatic N) is 4. The fraction of sp³-hybridized carbons (Fsp3) is 0.280. The number of nitrogens with one attached hydrogen (secondary N) is 1. The van der Waals surface area contributed by atoms with Crippen molar-refractivity contribution in [2.24, 2.45) is 0 Å². The Hall–Kier alpha value is -3.54. The topological polar surface area (TPSA) is 71.0 Å². The molecule has 1 aliphatic heterocycles. The molecule has 0 aliphatic carbocycles. The predicted molar refractivity (Wildman–Crippen MR) is 123 cm³/mol. The van der Waals surface area contributed by atoms with Gasteiger partial charge in [-0.05, 0) is 68.2 Å². The molecule has 1 N–H and O–H groups in total. The van der Waals surface area contributed by atoms with Crippen molar-refractivity contribution in [3.05, 3.63) is 83.6 Å². The second-order valence-electron chi connectivity index (χ2n) is 7.96. The smallest absolute Gasteiger partial charge is 0.246 e. The van der Waals surface area contributed by atoms with Crippen LogP contribution >= 0.6 is 0 Å². The van der Waals surface area contributed by atoms with Gasteiger partial charge in [-0.3, -0.25) is 14.8 Å². The standard InChI is InChI=1S/C25H27N5O/c1-18-6-3-12-27-25(18)29-22-14-19(2)28-23(15-22)21-8-5-13-30(17-21)24(31)10-9-20-7-4-11-26-16-20/h3-4,6-7,9-12,14-16,21H,5,8,13,17H2,1-2H3,(H,27,28,29)/b10-9+. The van der Waals surface area contributed by atoms with Crippen molar-refractivity contribution in [1.29, 1.82) is 0 Å². The van der Waals surface area contributed by atoms with E-state index in [1.54, 1.807) is 24.7 Å². The van der Waals surface area contributed by atoms with Gasteiger partial charge in [0.05, 0.1) is 0 Å². The van der Waals surface area contributed by atoms with Crippen LogP contribution in [0.5, 0.6) is 0 Å². The lowest BCUT2D eigenvalue weighted by Crippen LogP contribution is -2.38. The number of carbonyl (C=O) groups excluding carboxylic acids is 1. The molecule has 0 radical (unpaired) electrons. The first kappa shape index (κ1) is 20.7. The summed E-state index contributed by atoms with van der Waals surface area (Å²) in [5, 5.41) is 3.42. The maximum atomic E-state index is 12.7. The van der Waals surface area contributed by atoms with E-state index in [1.807, 2.05) is 55.2 Å². The molecule has 0 saturated carbocycles. The summed E-state index contributed by atoms with van der Waals surface area (Å²) in [4.78, 5) is 28.0. The molecule has 6 nitrogen and oxygen atoms in total. The van der Waals surface area contributed by atoms with E-state index in [0.717, 1.165) is 53.4 Å². The monoisotopic (exact) mass is 413 g/mol. The quantitative estimate of drug-likeness (QED) is 0.617. The van der Waals surface area contributed by atoms with Crippen LogP contribution in [0.25, 0.3) is 6.08 Å². The summed E-state index contributed by atoms with van der Waals surface area (Å²) in [5.74, 6) is 1.10. The lowest BCUT2D eigenvalue weighted by Gasteiger charge is -2.32. The van der Waals surface area contributed by atoms with E-state index in [4.69, 9.17) is 4.98 Å². The van der Waals surface area contributed by atoms with E-state index in [-0.39, 0.29) is 11.8 Å². The first-order valence-corrected chi connectivity index (χ1v) is 10.6. The van der Waals surface area contributed by atoms with Crippen LogP contribution in [0, 0.1) is 13.8 Å². The fourth-order valence-electron chi connectivity index (χ4n) is 3.90. The van der Waals surface area contributed by atoms with Crippen LogP contribution < -0.4 is 5.32 Å². The molecule has 31 heavy (non-hydrogen) atoms. The molecule has 1 fully saturated rings. The third kappa shape index (κ3) is 5.34. The Labute approximate surface area is 183 Å². The van der Waals surface area contributed by atoms with E-state index in [0.29, 0.717) is 6.54 Å². The average molecular weight is 414 g/mol. The van der Waals surface area contributed by atoms with Gasteiger partial charge in [0.1, 0.15) is 5.82 Å². The van der Waals surface area contributed by atoms with Gasteiger partial charge >= 0.3 is 0 Å². The molecular formula is C25H27N5O. The van der Waals surface area contributed by atoms with Gasteiger partial charge in [-0.25, -0.2) is 4.98 Å². The minimum absolute atomic E-state index is 0.0312. The van der Waals surface area contributed by atoms with Gasteiger partial charge < -0.3 is 10.2 Å². The summed E-state index contributed by atoms with van der Waals surface area (Å²) in [6.07, 6.45) is 10.7. The van der Waals surface area contributed by atoms with Crippen molar-refractivity contribution < 1.29 is 4.79 Å². The first-order chi connectivity index (χ1) is 15.1. The van der Waals surface area contributed by atoms with Crippen LogP contribution in [0.4, 0.5) is 11.5 Å². The maximum Gasteiger partial charge on any atom is 0.246 e. The first-order valence-electron chi connectivity index (χ1n) is 10.6. The van der Waals surface area contributed by atoms with Crippen LogP contribution in [0.1, 0.15) is 41.3 Å². The molecule has 0 spiro atoms. The fourth-order valence-corrected chi connectivity index (χ4v) is 3.90. The van der Waals surface area contributed by atoms with E-state index in [2.05, 4.69) is 21.4 Å². The van der Waals surface area contributed by atoms with Crippen LogP contribution in [-0.2, 0) is 4.79 Å². The third-order valence-corrected chi connectivity index (χ3v) is 5.50. The van der Waals surface area contributed by atoms with Crippen molar-refractivity contribution in [3.63, 3.8) is 0 Å². The highest BCUT2D eigenvalue weighted by Crippen LogP contribution is 2.29. The summed E-state index contributed by atoms with van der Waals surface area (Å²) in [7, 11) is 0. The number of aryl methyl sites for hydroxylation is 2. The Morgan fingerprint density at radius 2 is 2.06 bits per heavy atom. The molecule has 4 heterocycles. The molecule has 1 atom stereocenters. The number of hydrogen-bond donors (Lipinski definition) is 1. The normalized spacial score (nSPS) is 16.5. The number of hydrogen-bond acceptors (Lipinski definition) is 5. The summed E-state index contributed by atoms with van der Waals surface area (Å²) in [6, 6.07) is 11.9. The number of pyridine rings is 3. The van der Waals surface area contributed by atoms with Crippen molar-refractivity contribution in [2.75, 3.05) is 18.4 Å². The Kier molecular flexibility index (Phi) is 6.36. The van der Waals surface area contributed by atoms with Crippen molar-refractivity contribution in [2.45, 2.75) is 32.6 Å². The number of carbonyl (C=O) groups is 1. The number of likely N-dealkylation sites (tertiary alicyclic amines) is 1. The maximum absolute atomic E-state index is 12.7. The van der Waals surface area contributed by atoms with E-state index >= 15 is 0 Å². The molecule has 0 aromatic carbocycles. The summed E-state index contributed by atoms with van der Waals surface area (Å²) in [5.41, 5.74) is 4.96. The van der Waals surface area contributed by atoms with Crippen LogP contribution in [0.2, 0.25) is 0 Å². The molecule has 6 heteroatoms. The summed E-state index contributed by atoms with van der Waals surface area (Å²) < 4.78 is 0. The van der Waals surface area contributed by atoms with Gasteiger partial charge in [-0.15, -0.1) is 0 Å². The minimum Gasteiger partial charge on any atom is -0.340 e. The molecule has 1 saturated heterocycles. The van der Waals surface area contributed by atoms with Crippen LogP contribution in [-0.4, -0.2) is 38.8 Å². The van der Waals surface area contributed by atoms with Gasteiger partial charge in [0, 0.05) is 60.7 Å². The van der Waals surface area contributed by atoms with E-state index in [9.17, 15) is 4.79 Å². The zero-order valence-corrected chi connectivity index (χ0v) is 18.0. The highest BCUT2D eigenvalue weighted by Gasteiger charge is 2.25. The van der Waals surface area contributed by atoms with E-state index in [1.165, 1.54) is 0 Å². The third-order valence-electron chi connectivity index (χ3n) is 5.50. The van der Waals surface area contributed by atoms with Crippen LogP contribution in [0.3, 0.4) is 0 Å². The Morgan fingerprint density at radius 3 is 2.87 bits per heavy atom. The average Bonchev–Trinajstić information content (AvgIpc) is 2.79. The predicted octanol–water partition coefficient (Wildman–Crippen LogP) is 4.65. The van der Waals surface area contributed by atoms with Gasteiger partial charge in [0.15, 0.2) is 0 Å². The summed E-state index contributed by atoms with van der Waals surface area (Å²) >= 11 is 0. The van der Waals surface area contributed by atoms with Crippen LogP contribution in [0.15, 0.2) is 61.1 Å². The largest absolute Gasteiger partial charge is 0.340 e. The van der Waals surface area contributed by atoms with Gasteiger partial charge in [0.2, 0.25) is 5.91 Å². The minimum atomic E-state index is 0.0312. The molecule has 1 unspecified atom stereocenters. The molecule has 0 bridgehead atoms. The number of piperidine rings is 1. The number of anilines is 2. The number of amides is 1. The van der Waals surface area contributed by atoms with Crippen molar-refractivity contribution >= 4 is 23.5 Å². The molecule has 4 rings (SSSR count). The molecule has 3 aromatic heterocycles. The summed E-state index contributed by atoms with van der Waals surface area (Å²) in [6.45, 7) is 5.49.